The van der Waals surface area contributed by atoms with Gasteiger partial charge in [0.05, 0.1) is 10.0 Å². The van der Waals surface area contributed by atoms with Crippen molar-refractivity contribution in [2.24, 2.45) is 5.73 Å². The van der Waals surface area contributed by atoms with Crippen molar-refractivity contribution in [2.75, 3.05) is 0 Å². The van der Waals surface area contributed by atoms with E-state index in [0.717, 1.165) is 6.07 Å². The summed E-state index contributed by atoms with van der Waals surface area (Å²) < 4.78 is 44.9. The molecule has 2 nitrogen and oxygen atoms in total. The van der Waals surface area contributed by atoms with Crippen LogP contribution in [0.1, 0.15) is 11.1 Å². The van der Waals surface area contributed by atoms with Crippen molar-refractivity contribution in [3.05, 3.63) is 58.1 Å². The van der Waals surface area contributed by atoms with E-state index in [-0.39, 0.29) is 17.9 Å². The fraction of sp³-hybridized carbons (Fsp3) is 0.143. The van der Waals surface area contributed by atoms with Gasteiger partial charge in [-0.2, -0.15) is 13.2 Å². The van der Waals surface area contributed by atoms with Crippen LogP contribution in [-0.4, -0.2) is 0 Å². The van der Waals surface area contributed by atoms with Gasteiger partial charge in [-0.3, -0.25) is 0 Å². The lowest BCUT2D eigenvalue weighted by molar-refractivity contribution is -0.138. The Morgan fingerprint density at radius 3 is 2.40 bits per heavy atom. The smallest absolute Gasteiger partial charge is 0.416 e. The van der Waals surface area contributed by atoms with Crippen LogP contribution in [0.25, 0.3) is 0 Å². The number of alkyl halides is 3. The number of hydrogen-bond acceptors (Lipinski definition) is 2. The van der Waals surface area contributed by atoms with Crippen LogP contribution < -0.4 is 10.5 Å². The van der Waals surface area contributed by atoms with Crippen LogP contribution in [0.4, 0.5) is 13.2 Å². The highest BCUT2D eigenvalue weighted by molar-refractivity contribution is 9.10. The SMILES string of the molecule is NCc1ccc(Oc2ccccc2Br)cc1C(F)(F)F. The highest BCUT2D eigenvalue weighted by Gasteiger charge is 2.33. The van der Waals surface area contributed by atoms with Crippen LogP contribution in [0, 0.1) is 0 Å². The highest BCUT2D eigenvalue weighted by Crippen LogP contribution is 2.36. The standard InChI is InChI=1S/C14H11BrF3NO/c15-12-3-1-2-4-13(12)20-10-6-5-9(8-19)11(7-10)14(16,17)18/h1-7H,8,19H2. The predicted octanol–water partition coefficient (Wildman–Crippen LogP) is 4.72. The molecule has 0 saturated heterocycles. The van der Waals surface area contributed by atoms with Crippen molar-refractivity contribution in [1.82, 2.24) is 0 Å². The molecule has 0 heterocycles. The monoisotopic (exact) mass is 345 g/mol. The first kappa shape index (κ1) is 14.9. The third-order valence-electron chi connectivity index (χ3n) is 2.67. The molecule has 2 aromatic rings. The van der Waals surface area contributed by atoms with Crippen molar-refractivity contribution in [3.8, 4) is 11.5 Å². The molecule has 0 bridgehead atoms. The van der Waals surface area contributed by atoms with Gasteiger partial charge in [0.15, 0.2) is 0 Å². The first-order valence-corrected chi connectivity index (χ1v) is 6.53. The van der Waals surface area contributed by atoms with Crippen LogP contribution >= 0.6 is 15.9 Å². The number of halogens is 4. The normalized spacial score (nSPS) is 11.4. The minimum atomic E-state index is -4.46. The Balaban J connectivity index is 2.37. The van der Waals surface area contributed by atoms with Crippen LogP contribution in [0.5, 0.6) is 11.5 Å². The summed E-state index contributed by atoms with van der Waals surface area (Å²) in [7, 11) is 0. The first-order chi connectivity index (χ1) is 9.41. The van der Waals surface area contributed by atoms with E-state index in [0.29, 0.717) is 10.2 Å². The van der Waals surface area contributed by atoms with Gasteiger partial charge in [-0.05, 0) is 45.8 Å². The molecule has 20 heavy (non-hydrogen) atoms. The van der Waals surface area contributed by atoms with Crippen LogP contribution in [-0.2, 0) is 12.7 Å². The Kier molecular flexibility index (Phi) is 4.35. The molecule has 106 valence electrons. The number of rotatable bonds is 3. The molecule has 2 rings (SSSR count). The lowest BCUT2D eigenvalue weighted by Crippen LogP contribution is -2.12. The second-order valence-electron chi connectivity index (χ2n) is 4.05. The molecule has 0 fully saturated rings. The van der Waals surface area contributed by atoms with Gasteiger partial charge in [0.25, 0.3) is 0 Å². The van der Waals surface area contributed by atoms with E-state index < -0.39 is 11.7 Å². The molecule has 0 aromatic heterocycles. The zero-order valence-corrected chi connectivity index (χ0v) is 11.8. The molecular formula is C14H11BrF3NO. The van der Waals surface area contributed by atoms with Crippen molar-refractivity contribution in [1.29, 1.82) is 0 Å². The topological polar surface area (TPSA) is 35.2 Å². The summed E-state index contributed by atoms with van der Waals surface area (Å²) in [6, 6.07) is 10.7. The fourth-order valence-corrected chi connectivity index (χ4v) is 2.08. The summed E-state index contributed by atoms with van der Waals surface area (Å²) in [5, 5.41) is 0. The maximum Gasteiger partial charge on any atom is 0.416 e. The van der Waals surface area contributed by atoms with Gasteiger partial charge in [-0.15, -0.1) is 0 Å². The van der Waals surface area contributed by atoms with E-state index in [1.54, 1.807) is 24.3 Å². The van der Waals surface area contributed by atoms with E-state index in [1.807, 2.05) is 0 Å². The number of nitrogens with two attached hydrogens (primary N) is 1. The minimum absolute atomic E-state index is 0.0389. The van der Waals surface area contributed by atoms with Gasteiger partial charge in [0.2, 0.25) is 0 Å². The van der Waals surface area contributed by atoms with E-state index in [4.69, 9.17) is 10.5 Å². The Hall–Kier alpha value is -1.53. The molecule has 2 N–H and O–H groups in total. The first-order valence-electron chi connectivity index (χ1n) is 5.74. The van der Waals surface area contributed by atoms with Crippen LogP contribution in [0.15, 0.2) is 46.9 Å². The Labute approximate surface area is 122 Å². The predicted molar refractivity (Wildman–Crippen MR) is 73.6 cm³/mol. The lowest BCUT2D eigenvalue weighted by atomic mass is 10.1. The maximum absolute atomic E-state index is 12.9. The molecule has 0 aliphatic rings. The van der Waals surface area contributed by atoms with Crippen molar-refractivity contribution in [3.63, 3.8) is 0 Å². The third kappa shape index (κ3) is 3.32. The Bertz CT molecular complexity index is 614. The van der Waals surface area contributed by atoms with Crippen molar-refractivity contribution in [2.45, 2.75) is 12.7 Å². The molecule has 0 spiro atoms. The second kappa shape index (κ2) is 5.85. The molecule has 0 aliphatic carbocycles. The van der Waals surface area contributed by atoms with Crippen LogP contribution in [0.2, 0.25) is 0 Å². The summed E-state index contributed by atoms with van der Waals surface area (Å²) in [5.74, 6) is 0.558. The molecule has 2 aromatic carbocycles. The van der Waals surface area contributed by atoms with Crippen molar-refractivity contribution >= 4 is 15.9 Å². The summed E-state index contributed by atoms with van der Waals surface area (Å²) >= 11 is 3.27. The maximum atomic E-state index is 12.9. The molecule has 0 unspecified atom stereocenters. The summed E-state index contributed by atoms with van der Waals surface area (Å²) in [4.78, 5) is 0. The van der Waals surface area contributed by atoms with Gasteiger partial charge in [-0.1, -0.05) is 18.2 Å². The van der Waals surface area contributed by atoms with E-state index >= 15 is 0 Å². The van der Waals surface area contributed by atoms with Gasteiger partial charge < -0.3 is 10.5 Å². The number of para-hydroxylation sites is 1. The van der Waals surface area contributed by atoms with Gasteiger partial charge >= 0.3 is 6.18 Å². The quantitative estimate of drug-likeness (QED) is 0.873. The number of hydrogen-bond donors (Lipinski definition) is 1. The lowest BCUT2D eigenvalue weighted by Gasteiger charge is -2.14. The van der Waals surface area contributed by atoms with E-state index in [9.17, 15) is 13.2 Å². The largest absolute Gasteiger partial charge is 0.456 e. The average molecular weight is 346 g/mol. The molecule has 0 radical (unpaired) electrons. The number of ether oxygens (including phenoxy) is 1. The minimum Gasteiger partial charge on any atom is -0.456 e. The second-order valence-corrected chi connectivity index (χ2v) is 4.91. The zero-order valence-electron chi connectivity index (χ0n) is 10.2. The fourth-order valence-electron chi connectivity index (χ4n) is 1.72. The Morgan fingerprint density at radius 1 is 1.10 bits per heavy atom. The van der Waals surface area contributed by atoms with Gasteiger partial charge in [-0.25, -0.2) is 0 Å². The van der Waals surface area contributed by atoms with E-state index in [2.05, 4.69) is 15.9 Å². The molecule has 0 aliphatic heterocycles. The summed E-state index contributed by atoms with van der Waals surface area (Å²) in [5.41, 5.74) is 4.59. The van der Waals surface area contributed by atoms with Gasteiger partial charge in [0, 0.05) is 6.54 Å². The summed E-state index contributed by atoms with van der Waals surface area (Å²) in [6.07, 6.45) is -4.46. The van der Waals surface area contributed by atoms with Gasteiger partial charge in [0.1, 0.15) is 11.5 Å². The number of benzene rings is 2. The van der Waals surface area contributed by atoms with Crippen LogP contribution in [0.3, 0.4) is 0 Å². The molecule has 0 saturated carbocycles. The molecule has 6 heteroatoms. The van der Waals surface area contributed by atoms with E-state index in [1.165, 1.54) is 12.1 Å². The third-order valence-corrected chi connectivity index (χ3v) is 3.33. The highest BCUT2D eigenvalue weighted by atomic mass is 79.9. The molecule has 0 atom stereocenters. The summed E-state index contributed by atoms with van der Waals surface area (Å²) in [6.45, 7) is -0.176. The molecule has 0 amide bonds. The zero-order chi connectivity index (χ0) is 14.8. The average Bonchev–Trinajstić information content (AvgIpc) is 2.40. The van der Waals surface area contributed by atoms with Crippen molar-refractivity contribution < 1.29 is 17.9 Å². The molecular weight excluding hydrogens is 335 g/mol. The Morgan fingerprint density at radius 2 is 1.80 bits per heavy atom.